The summed E-state index contributed by atoms with van der Waals surface area (Å²) in [6, 6.07) is 3.80. The predicted octanol–water partition coefficient (Wildman–Crippen LogP) is 3.49. The van der Waals surface area contributed by atoms with Gasteiger partial charge in [0, 0.05) is 5.69 Å². The van der Waals surface area contributed by atoms with Gasteiger partial charge < -0.3 is 4.42 Å². The Kier molecular flexibility index (Phi) is 2.98. The molecule has 2 rings (SSSR count). The normalized spacial score (nSPS) is 10.6. The largest absolute Gasteiger partial charge is 0.468 e. The smallest absolute Gasteiger partial charge is 0.223 e. The molecule has 2 heterocycles. The zero-order chi connectivity index (χ0) is 10.8. The first-order valence-electron chi connectivity index (χ1n) is 4.38. The number of aryl methyl sites for hydroxylation is 2. The Morgan fingerprint density at radius 3 is 2.73 bits per heavy atom. The molecule has 0 saturated carbocycles. The van der Waals surface area contributed by atoms with E-state index in [-0.39, 0.29) is 5.28 Å². The van der Waals surface area contributed by atoms with Crippen LogP contribution in [0.15, 0.2) is 32.7 Å². The van der Waals surface area contributed by atoms with Crippen LogP contribution in [0.5, 0.6) is 0 Å². The molecule has 0 bridgehead atoms. The minimum atomic E-state index is 0.277. The predicted molar refractivity (Wildman–Crippen MR) is 59.3 cm³/mol. The molecule has 0 amide bonds. The summed E-state index contributed by atoms with van der Waals surface area (Å²) >= 11 is 7.29. The highest BCUT2D eigenvalue weighted by Crippen LogP contribution is 2.30. The molecule has 5 heteroatoms. The van der Waals surface area contributed by atoms with Crippen LogP contribution in [0.3, 0.4) is 0 Å². The van der Waals surface area contributed by atoms with Crippen LogP contribution in [0, 0.1) is 13.8 Å². The molecule has 0 atom stereocenters. The van der Waals surface area contributed by atoms with E-state index in [1.165, 1.54) is 11.8 Å². The summed E-state index contributed by atoms with van der Waals surface area (Å²) in [4.78, 5) is 9.17. The number of hydrogen-bond donors (Lipinski definition) is 0. The molecule has 0 spiro atoms. The quantitative estimate of drug-likeness (QED) is 0.595. The summed E-state index contributed by atoms with van der Waals surface area (Å²) in [6.45, 7) is 3.80. The van der Waals surface area contributed by atoms with E-state index in [1.807, 2.05) is 26.0 Å². The van der Waals surface area contributed by atoms with E-state index in [0.717, 1.165) is 21.4 Å². The van der Waals surface area contributed by atoms with Gasteiger partial charge in [0.05, 0.1) is 11.2 Å². The van der Waals surface area contributed by atoms with Gasteiger partial charge in [-0.15, -0.1) is 0 Å². The van der Waals surface area contributed by atoms with Crippen molar-refractivity contribution in [3.05, 3.63) is 35.1 Å². The lowest BCUT2D eigenvalue weighted by Gasteiger charge is -2.00. The van der Waals surface area contributed by atoms with E-state index in [9.17, 15) is 0 Å². The highest BCUT2D eigenvalue weighted by Gasteiger charge is 2.06. The topological polar surface area (TPSA) is 38.9 Å². The Bertz CT molecular complexity index is 464. The van der Waals surface area contributed by atoms with Crippen molar-refractivity contribution in [2.45, 2.75) is 23.8 Å². The Balaban J connectivity index is 2.28. The fourth-order valence-electron chi connectivity index (χ4n) is 1.15. The van der Waals surface area contributed by atoms with Gasteiger partial charge in [-0.1, -0.05) is 11.8 Å². The molecule has 0 aliphatic heterocycles. The van der Waals surface area contributed by atoms with Gasteiger partial charge >= 0.3 is 0 Å². The number of halogens is 1. The second kappa shape index (κ2) is 4.24. The van der Waals surface area contributed by atoms with E-state index >= 15 is 0 Å². The molecule has 0 N–H and O–H groups in total. The first kappa shape index (κ1) is 10.5. The summed E-state index contributed by atoms with van der Waals surface area (Å²) in [6.07, 6.45) is 1.66. The van der Waals surface area contributed by atoms with Crippen molar-refractivity contribution in [2.24, 2.45) is 0 Å². The third kappa shape index (κ3) is 2.52. The van der Waals surface area contributed by atoms with Crippen molar-refractivity contribution in [1.29, 1.82) is 0 Å². The SMILES string of the molecule is Cc1cc(Sc2ccoc2C)nc(Cl)n1. The minimum Gasteiger partial charge on any atom is -0.468 e. The lowest BCUT2D eigenvalue weighted by Crippen LogP contribution is -1.88. The fourth-order valence-corrected chi connectivity index (χ4v) is 2.33. The zero-order valence-electron chi connectivity index (χ0n) is 8.32. The van der Waals surface area contributed by atoms with E-state index in [4.69, 9.17) is 16.0 Å². The van der Waals surface area contributed by atoms with Crippen LogP contribution in [0.4, 0.5) is 0 Å². The van der Waals surface area contributed by atoms with Gasteiger partial charge in [-0.2, -0.15) is 0 Å². The second-order valence-electron chi connectivity index (χ2n) is 3.06. The van der Waals surface area contributed by atoms with Crippen LogP contribution in [0.2, 0.25) is 5.28 Å². The molecule has 0 fully saturated rings. The first-order valence-corrected chi connectivity index (χ1v) is 5.58. The van der Waals surface area contributed by atoms with Crippen LogP contribution in [-0.2, 0) is 0 Å². The molecule has 2 aromatic rings. The summed E-state index contributed by atoms with van der Waals surface area (Å²) in [7, 11) is 0. The highest BCUT2D eigenvalue weighted by atomic mass is 35.5. The maximum absolute atomic E-state index is 5.77. The number of nitrogens with zero attached hydrogens (tertiary/aromatic N) is 2. The van der Waals surface area contributed by atoms with Crippen molar-refractivity contribution >= 4 is 23.4 Å². The fraction of sp³-hybridized carbons (Fsp3) is 0.200. The molecule has 0 unspecified atom stereocenters. The van der Waals surface area contributed by atoms with Crippen LogP contribution < -0.4 is 0 Å². The summed E-state index contributed by atoms with van der Waals surface area (Å²) < 4.78 is 5.20. The number of rotatable bonds is 2. The van der Waals surface area contributed by atoms with Crippen LogP contribution in [-0.4, -0.2) is 9.97 Å². The van der Waals surface area contributed by atoms with Crippen molar-refractivity contribution in [2.75, 3.05) is 0 Å². The standard InChI is InChI=1S/C10H9ClN2OS/c1-6-5-9(13-10(11)12-6)15-8-3-4-14-7(8)2/h3-5H,1-2H3. The van der Waals surface area contributed by atoms with Crippen LogP contribution in [0.25, 0.3) is 0 Å². The maximum Gasteiger partial charge on any atom is 0.223 e. The number of hydrogen-bond acceptors (Lipinski definition) is 4. The Labute approximate surface area is 96.9 Å². The van der Waals surface area contributed by atoms with Crippen molar-refractivity contribution in [3.8, 4) is 0 Å². The highest BCUT2D eigenvalue weighted by molar-refractivity contribution is 7.99. The molecule has 0 aliphatic carbocycles. The minimum absolute atomic E-state index is 0.277. The molecule has 2 aromatic heterocycles. The maximum atomic E-state index is 5.77. The lowest BCUT2D eigenvalue weighted by molar-refractivity contribution is 0.527. The number of furan rings is 1. The third-order valence-electron chi connectivity index (χ3n) is 1.83. The molecule has 0 aromatic carbocycles. The van der Waals surface area contributed by atoms with E-state index in [1.54, 1.807) is 6.26 Å². The lowest BCUT2D eigenvalue weighted by atomic mass is 10.5. The van der Waals surface area contributed by atoms with E-state index in [0.29, 0.717) is 0 Å². The van der Waals surface area contributed by atoms with Crippen molar-refractivity contribution < 1.29 is 4.42 Å². The van der Waals surface area contributed by atoms with Crippen molar-refractivity contribution in [3.63, 3.8) is 0 Å². The van der Waals surface area contributed by atoms with Crippen LogP contribution in [0.1, 0.15) is 11.5 Å². The van der Waals surface area contributed by atoms with Crippen molar-refractivity contribution in [1.82, 2.24) is 9.97 Å². The molecule has 0 radical (unpaired) electrons. The molecule has 3 nitrogen and oxygen atoms in total. The molecular formula is C10H9ClN2OS. The van der Waals surface area contributed by atoms with Gasteiger partial charge in [0.2, 0.25) is 5.28 Å². The van der Waals surface area contributed by atoms with Gasteiger partial charge in [-0.3, -0.25) is 0 Å². The Morgan fingerprint density at radius 1 is 1.33 bits per heavy atom. The monoisotopic (exact) mass is 240 g/mol. The summed E-state index contributed by atoms with van der Waals surface area (Å²) in [5, 5.41) is 1.11. The average molecular weight is 241 g/mol. The molecule has 0 aliphatic rings. The molecular weight excluding hydrogens is 232 g/mol. The van der Waals surface area contributed by atoms with E-state index < -0.39 is 0 Å². The van der Waals surface area contributed by atoms with Gasteiger partial charge in [0.25, 0.3) is 0 Å². The number of aromatic nitrogens is 2. The molecule has 15 heavy (non-hydrogen) atoms. The zero-order valence-corrected chi connectivity index (χ0v) is 9.89. The Hall–Kier alpha value is -1.00. The Morgan fingerprint density at radius 2 is 2.13 bits per heavy atom. The molecule has 0 saturated heterocycles. The summed E-state index contributed by atoms with van der Waals surface area (Å²) in [5.74, 6) is 0.882. The van der Waals surface area contributed by atoms with Gasteiger partial charge in [0.15, 0.2) is 0 Å². The van der Waals surface area contributed by atoms with E-state index in [2.05, 4.69) is 9.97 Å². The van der Waals surface area contributed by atoms with Gasteiger partial charge in [0.1, 0.15) is 10.8 Å². The van der Waals surface area contributed by atoms with Gasteiger partial charge in [-0.25, -0.2) is 9.97 Å². The first-order chi connectivity index (χ1) is 7.15. The second-order valence-corrected chi connectivity index (χ2v) is 4.46. The van der Waals surface area contributed by atoms with Crippen LogP contribution >= 0.6 is 23.4 Å². The average Bonchev–Trinajstić information content (AvgIpc) is 2.50. The van der Waals surface area contributed by atoms with Gasteiger partial charge in [-0.05, 0) is 37.6 Å². The summed E-state index contributed by atoms with van der Waals surface area (Å²) in [5.41, 5.74) is 0.860. The third-order valence-corrected chi connectivity index (χ3v) is 3.06. The molecule has 78 valence electrons.